The molecule has 0 bridgehead atoms. The smallest absolute Gasteiger partial charge is 0.266 e. The van der Waals surface area contributed by atoms with E-state index in [1.807, 2.05) is 23.6 Å². The van der Waals surface area contributed by atoms with Gasteiger partial charge in [0.15, 0.2) is 5.82 Å². The van der Waals surface area contributed by atoms with Crippen LogP contribution in [-0.4, -0.2) is 32.7 Å². The largest absolute Gasteiger partial charge is 0.360 e. The Labute approximate surface area is 171 Å². The van der Waals surface area contributed by atoms with E-state index in [4.69, 9.17) is 16.7 Å². The molecule has 0 saturated carbocycles. The van der Waals surface area contributed by atoms with Gasteiger partial charge in [-0.05, 0) is 37.3 Å². The van der Waals surface area contributed by atoms with E-state index in [-0.39, 0.29) is 11.8 Å². The Kier molecular flexibility index (Phi) is 6.81. The van der Waals surface area contributed by atoms with Crippen molar-refractivity contribution >= 4 is 63.3 Å². The Morgan fingerprint density at radius 2 is 2.26 bits per heavy atom. The molecule has 6 nitrogen and oxygen atoms in total. The maximum absolute atomic E-state index is 12.5. The van der Waals surface area contributed by atoms with Crippen molar-refractivity contribution in [2.75, 3.05) is 11.9 Å². The summed E-state index contributed by atoms with van der Waals surface area (Å²) in [7, 11) is 0. The molecule has 0 spiro atoms. The fourth-order valence-corrected chi connectivity index (χ4v) is 4.59. The number of thiophene rings is 1. The molecule has 1 aliphatic rings. The summed E-state index contributed by atoms with van der Waals surface area (Å²) >= 11 is 8.27. The zero-order valence-electron chi connectivity index (χ0n) is 14.8. The van der Waals surface area contributed by atoms with Crippen LogP contribution in [0.3, 0.4) is 0 Å². The van der Waals surface area contributed by atoms with Crippen molar-refractivity contribution in [1.29, 1.82) is 0 Å². The third kappa shape index (κ3) is 5.50. The first-order valence-electron chi connectivity index (χ1n) is 8.55. The highest BCUT2D eigenvalue weighted by molar-refractivity contribution is 8.26. The van der Waals surface area contributed by atoms with Gasteiger partial charge >= 0.3 is 0 Å². The number of hydrogen-bond acceptors (Lipinski definition) is 7. The number of rotatable bonds is 8. The molecule has 3 heterocycles. The van der Waals surface area contributed by atoms with Crippen LogP contribution in [0, 0.1) is 6.92 Å². The summed E-state index contributed by atoms with van der Waals surface area (Å²) in [5.74, 6) is 0.972. The second-order valence-corrected chi connectivity index (χ2v) is 8.69. The van der Waals surface area contributed by atoms with Gasteiger partial charge in [0.25, 0.3) is 5.91 Å². The molecule has 1 aliphatic heterocycles. The van der Waals surface area contributed by atoms with Crippen molar-refractivity contribution in [1.82, 2.24) is 10.1 Å². The standard InChI is InChI=1S/C18H19N3O3S3/c1-12-10-15(20-24-12)19-16(22)7-3-2-4-8-21-17(23)14(27-18(21)25)11-13-6-5-9-26-13/h5-6,9-11H,2-4,7-8H2,1H3,(H,19,20,22). The van der Waals surface area contributed by atoms with Gasteiger partial charge in [-0.25, -0.2) is 0 Å². The summed E-state index contributed by atoms with van der Waals surface area (Å²) in [6.45, 7) is 2.35. The van der Waals surface area contributed by atoms with Crippen LogP contribution >= 0.6 is 35.3 Å². The van der Waals surface area contributed by atoms with E-state index in [0.29, 0.717) is 33.8 Å². The third-order valence-corrected chi connectivity index (χ3v) is 6.07. The van der Waals surface area contributed by atoms with Gasteiger partial charge in [-0.1, -0.05) is 41.6 Å². The topological polar surface area (TPSA) is 75.4 Å². The molecule has 0 atom stereocenters. The number of nitrogens with one attached hydrogen (secondary N) is 1. The van der Waals surface area contributed by atoms with Gasteiger partial charge < -0.3 is 9.84 Å². The fraction of sp³-hybridized carbons (Fsp3) is 0.333. The number of amides is 2. The Morgan fingerprint density at radius 1 is 1.41 bits per heavy atom. The zero-order chi connectivity index (χ0) is 19.2. The molecule has 2 aromatic heterocycles. The number of thiocarbonyl (C=S) groups is 1. The number of aryl methyl sites for hydroxylation is 1. The van der Waals surface area contributed by atoms with Crippen LogP contribution in [0.25, 0.3) is 6.08 Å². The van der Waals surface area contributed by atoms with Gasteiger partial charge in [0.2, 0.25) is 5.91 Å². The quantitative estimate of drug-likeness (QED) is 0.386. The molecule has 2 aromatic rings. The van der Waals surface area contributed by atoms with E-state index in [9.17, 15) is 9.59 Å². The lowest BCUT2D eigenvalue weighted by molar-refractivity contribution is -0.122. The number of carbonyl (C=O) groups excluding carboxylic acids is 2. The van der Waals surface area contributed by atoms with E-state index in [2.05, 4.69) is 10.5 Å². The number of hydrogen-bond donors (Lipinski definition) is 1. The Morgan fingerprint density at radius 3 is 2.96 bits per heavy atom. The molecule has 1 N–H and O–H groups in total. The maximum Gasteiger partial charge on any atom is 0.266 e. The molecule has 0 unspecified atom stereocenters. The molecular formula is C18H19N3O3S3. The zero-order valence-corrected chi connectivity index (χ0v) is 17.2. The van der Waals surface area contributed by atoms with Gasteiger partial charge in [-0.15, -0.1) is 11.3 Å². The van der Waals surface area contributed by atoms with Gasteiger partial charge in [0.05, 0.1) is 4.91 Å². The lowest BCUT2D eigenvalue weighted by atomic mass is 10.2. The number of anilines is 1. The van der Waals surface area contributed by atoms with Crippen LogP contribution in [0.4, 0.5) is 5.82 Å². The van der Waals surface area contributed by atoms with E-state index in [1.54, 1.807) is 29.2 Å². The predicted molar refractivity (Wildman–Crippen MR) is 113 cm³/mol. The van der Waals surface area contributed by atoms with Crippen LogP contribution in [0.5, 0.6) is 0 Å². The minimum atomic E-state index is -0.0900. The van der Waals surface area contributed by atoms with Gasteiger partial charge in [-0.3, -0.25) is 14.5 Å². The molecule has 1 saturated heterocycles. The van der Waals surface area contributed by atoms with Crippen molar-refractivity contribution in [3.05, 3.63) is 39.1 Å². The molecule has 1 fully saturated rings. The van der Waals surface area contributed by atoms with Gasteiger partial charge in [0.1, 0.15) is 10.1 Å². The summed E-state index contributed by atoms with van der Waals surface area (Å²) in [6.07, 6.45) is 4.67. The Balaban J connectivity index is 1.38. The maximum atomic E-state index is 12.5. The minimum Gasteiger partial charge on any atom is -0.360 e. The fourth-order valence-electron chi connectivity index (χ4n) is 2.56. The average molecular weight is 422 g/mol. The van der Waals surface area contributed by atoms with Crippen LogP contribution in [-0.2, 0) is 9.59 Å². The van der Waals surface area contributed by atoms with E-state index in [0.717, 1.165) is 24.1 Å². The number of thioether (sulfide) groups is 1. The normalized spacial score (nSPS) is 15.7. The summed E-state index contributed by atoms with van der Waals surface area (Å²) in [5.41, 5.74) is 0. The van der Waals surface area contributed by atoms with Crippen LogP contribution in [0.1, 0.15) is 36.3 Å². The summed E-state index contributed by atoms with van der Waals surface area (Å²) < 4.78 is 5.51. The number of nitrogens with zero attached hydrogens (tertiary/aromatic N) is 2. The Hall–Kier alpha value is -1.97. The first-order valence-corrected chi connectivity index (χ1v) is 10.7. The lowest BCUT2D eigenvalue weighted by Crippen LogP contribution is -2.29. The first-order chi connectivity index (χ1) is 13.0. The molecule has 0 aliphatic carbocycles. The summed E-state index contributed by atoms with van der Waals surface area (Å²) in [6, 6.07) is 5.61. The molecule has 9 heteroatoms. The monoisotopic (exact) mass is 421 g/mol. The minimum absolute atomic E-state index is 0.0301. The molecule has 27 heavy (non-hydrogen) atoms. The molecular weight excluding hydrogens is 402 g/mol. The third-order valence-electron chi connectivity index (χ3n) is 3.87. The van der Waals surface area contributed by atoms with E-state index < -0.39 is 0 Å². The van der Waals surface area contributed by atoms with Crippen molar-refractivity contribution in [2.24, 2.45) is 0 Å². The molecule has 0 radical (unpaired) electrons. The SMILES string of the molecule is Cc1cc(NC(=O)CCCCCN2C(=O)C(=Cc3cccs3)SC2=S)no1. The van der Waals surface area contributed by atoms with Gasteiger partial charge in [0, 0.05) is 23.9 Å². The highest BCUT2D eigenvalue weighted by atomic mass is 32.2. The highest BCUT2D eigenvalue weighted by Gasteiger charge is 2.31. The predicted octanol–water partition coefficient (Wildman–Crippen LogP) is 4.44. The van der Waals surface area contributed by atoms with Crippen LogP contribution in [0.15, 0.2) is 33.0 Å². The molecule has 0 aromatic carbocycles. The van der Waals surface area contributed by atoms with Crippen molar-refractivity contribution in [2.45, 2.75) is 32.6 Å². The van der Waals surface area contributed by atoms with E-state index >= 15 is 0 Å². The van der Waals surface area contributed by atoms with Crippen LogP contribution < -0.4 is 5.32 Å². The number of aromatic nitrogens is 1. The lowest BCUT2D eigenvalue weighted by Gasteiger charge is -2.13. The second-order valence-electron chi connectivity index (χ2n) is 6.03. The van der Waals surface area contributed by atoms with Gasteiger partial charge in [-0.2, -0.15) is 0 Å². The van der Waals surface area contributed by atoms with Crippen molar-refractivity contribution in [3.8, 4) is 0 Å². The Bertz CT molecular complexity index is 858. The molecule has 2 amide bonds. The average Bonchev–Trinajstić information content (AvgIpc) is 3.33. The van der Waals surface area contributed by atoms with E-state index in [1.165, 1.54) is 11.8 Å². The van der Waals surface area contributed by atoms with Crippen LogP contribution in [0.2, 0.25) is 0 Å². The van der Waals surface area contributed by atoms with Crippen molar-refractivity contribution in [3.63, 3.8) is 0 Å². The summed E-state index contributed by atoms with van der Waals surface area (Å²) in [5, 5.41) is 8.41. The summed E-state index contributed by atoms with van der Waals surface area (Å²) in [4.78, 5) is 27.7. The number of carbonyl (C=O) groups is 2. The van der Waals surface area contributed by atoms with Crippen molar-refractivity contribution < 1.29 is 14.1 Å². The number of unbranched alkanes of at least 4 members (excludes halogenated alkanes) is 2. The second kappa shape index (κ2) is 9.29. The first kappa shape index (κ1) is 19.8. The molecule has 142 valence electrons. The highest BCUT2D eigenvalue weighted by Crippen LogP contribution is 2.33. The molecule has 3 rings (SSSR count).